The number of sulfonamides is 3. The molecule has 83 heavy (non-hydrogen) atoms. The lowest BCUT2D eigenvalue weighted by atomic mass is 9.97. The van der Waals surface area contributed by atoms with Gasteiger partial charge >= 0.3 is 0 Å². The predicted molar refractivity (Wildman–Crippen MR) is 350 cm³/mol. The Labute approximate surface area is 529 Å². The number of para-hydroxylation sites is 4. The molecule has 4 N–H and O–H groups in total. The van der Waals surface area contributed by atoms with Crippen LogP contribution >= 0.6 is 78.5 Å². The van der Waals surface area contributed by atoms with Gasteiger partial charge in [-0.1, -0.05) is 103 Å². The van der Waals surface area contributed by atoms with Crippen molar-refractivity contribution in [3.05, 3.63) is 225 Å². The molecule has 1 atom stereocenters. The maximum Gasteiger partial charge on any atom is 0.265 e. The smallest absolute Gasteiger partial charge is 0.265 e. The zero-order chi connectivity index (χ0) is 61.6. The minimum atomic E-state index is -3.72. The van der Waals surface area contributed by atoms with E-state index in [1.165, 1.54) is 48.0 Å². The van der Waals surface area contributed by atoms with Crippen molar-refractivity contribution in [2.75, 3.05) is 40.3 Å². The highest BCUT2D eigenvalue weighted by Crippen LogP contribution is 2.41. The molecule has 0 bridgehead atoms. The summed E-state index contributed by atoms with van der Waals surface area (Å²) < 4.78 is 109. The van der Waals surface area contributed by atoms with Crippen molar-refractivity contribution in [2.24, 2.45) is 0 Å². The van der Waals surface area contributed by atoms with Gasteiger partial charge in [0.1, 0.15) is 21.6 Å². The number of methoxy groups -OCH3 is 1. The number of carbonyl (C=O) groups excluding carboxylic acids is 3. The van der Waals surface area contributed by atoms with Gasteiger partial charge in [-0.25, -0.2) is 33.7 Å². The Hall–Kier alpha value is -5.99. The maximum absolute atomic E-state index is 12.8. The minimum absolute atomic E-state index is 0.158. The third kappa shape index (κ3) is 16.5. The average molecular weight is 1560 g/mol. The standard InChI is InChI=1S/C15H14INO3S.C15H15NO3S.C14H12INO3S.C8H9NO2.C6H4ClIO2S/c1-11-6-5-7-12(10-18)15(11)17(2)21(19,20)14-9-4-3-8-13(14)16;1-10-6-5-8-12-14(10)16(2)20(18,19)13-9-4-3-7-11(13)15(12)17;1-10-5-4-6-11(9-17)14(10)16-20(18,19)13-8-3-2-7-12(13)15;1-11-7-4-2-3-6(5-10)8(7)9;7-11(9,10)6-4-2-1-3-5(6)8/h3-10H,1-2H3;3-9,15,17H,1-2H3;2-9,16H,1H3;2-5H,9H2,1H3;1-4H. The molecule has 25 heteroatoms. The number of ether oxygens (including phenoxy) is 1. The van der Waals surface area contributed by atoms with Crippen molar-refractivity contribution in [3.63, 3.8) is 0 Å². The molecule has 8 aromatic rings. The van der Waals surface area contributed by atoms with Gasteiger partial charge in [0, 0.05) is 63.3 Å². The Kier molecular flexibility index (Phi) is 24.3. The first-order valence-electron chi connectivity index (χ1n) is 24.1. The molecule has 0 aliphatic carbocycles. The molecule has 1 aliphatic heterocycles. The molecule has 1 unspecified atom stereocenters. The molecule has 436 valence electrons. The lowest BCUT2D eigenvalue weighted by Crippen LogP contribution is -2.28. The number of aldehydes is 3. The first-order chi connectivity index (χ1) is 39.1. The van der Waals surface area contributed by atoms with E-state index in [0.717, 1.165) is 11.1 Å². The monoisotopic (exact) mass is 1560 g/mol. The molecule has 1 heterocycles. The number of fused-ring (bicyclic) bond motifs is 2. The Morgan fingerprint density at radius 3 is 1.58 bits per heavy atom. The van der Waals surface area contributed by atoms with Gasteiger partial charge in [0.15, 0.2) is 18.9 Å². The number of aryl methyl sites for hydroxylation is 3. The number of hydrogen-bond donors (Lipinski definition) is 3. The largest absolute Gasteiger partial charge is 0.495 e. The van der Waals surface area contributed by atoms with Crippen LogP contribution in [-0.4, -0.2) is 78.8 Å². The van der Waals surface area contributed by atoms with Crippen LogP contribution in [0.5, 0.6) is 5.75 Å². The van der Waals surface area contributed by atoms with Gasteiger partial charge in [0.25, 0.3) is 39.1 Å². The van der Waals surface area contributed by atoms with Crippen molar-refractivity contribution in [1.29, 1.82) is 0 Å². The van der Waals surface area contributed by atoms with Crippen LogP contribution in [0.2, 0.25) is 0 Å². The van der Waals surface area contributed by atoms with Gasteiger partial charge in [-0.2, -0.15) is 0 Å². The molecule has 0 saturated heterocycles. The van der Waals surface area contributed by atoms with Crippen LogP contribution in [0.4, 0.5) is 22.7 Å². The SMILES string of the molecule is COc1cccc(C=O)c1N.Cc1cccc(C=O)c1N(C)S(=O)(=O)c1ccccc1I.Cc1cccc(C=O)c1NS(=O)(=O)c1ccccc1I.Cc1cccc2c1N(C)S(=O)(=O)c1ccccc1C2O.O=S(=O)(Cl)c1ccccc1I. The van der Waals surface area contributed by atoms with Crippen LogP contribution in [-0.2, 0) is 39.1 Å². The number of nitrogens with one attached hydrogen (secondary N) is 1. The molecule has 0 aromatic heterocycles. The van der Waals surface area contributed by atoms with Crippen LogP contribution in [0.3, 0.4) is 0 Å². The second kappa shape index (κ2) is 29.7. The van der Waals surface area contributed by atoms with Crippen LogP contribution in [0.25, 0.3) is 0 Å². The van der Waals surface area contributed by atoms with E-state index in [2.05, 4.69) is 4.72 Å². The number of rotatable bonds is 11. The van der Waals surface area contributed by atoms with Gasteiger partial charge in [0.05, 0.1) is 39.7 Å². The normalized spacial score (nSPS) is 13.0. The highest BCUT2D eigenvalue weighted by molar-refractivity contribution is 14.1. The van der Waals surface area contributed by atoms with Crippen LogP contribution in [0.15, 0.2) is 189 Å². The van der Waals surface area contributed by atoms with E-state index in [1.807, 2.05) is 86.8 Å². The fourth-order valence-corrected chi connectivity index (χ4v) is 17.3. The number of hydrogen-bond acceptors (Lipinski definition) is 14. The van der Waals surface area contributed by atoms with Crippen LogP contribution in [0.1, 0.15) is 65.0 Å². The number of halogens is 4. The summed E-state index contributed by atoms with van der Waals surface area (Å²) in [5.41, 5.74) is 11.6. The highest BCUT2D eigenvalue weighted by atomic mass is 127. The second-order valence-corrected chi connectivity index (χ2v) is 29.1. The van der Waals surface area contributed by atoms with E-state index in [0.29, 0.717) is 91.4 Å². The molecule has 0 amide bonds. The molecule has 0 radical (unpaired) electrons. The summed E-state index contributed by atoms with van der Waals surface area (Å²) >= 11 is 5.88. The van der Waals surface area contributed by atoms with E-state index in [1.54, 1.807) is 153 Å². The molecule has 1 aliphatic rings. The van der Waals surface area contributed by atoms with E-state index >= 15 is 0 Å². The Balaban J connectivity index is 0.000000195. The van der Waals surface area contributed by atoms with Gasteiger partial charge in [-0.15, -0.1) is 0 Å². The van der Waals surface area contributed by atoms with Crippen molar-refractivity contribution in [3.8, 4) is 5.75 Å². The fourth-order valence-electron chi connectivity index (χ4n) is 8.10. The number of benzene rings is 8. The van der Waals surface area contributed by atoms with E-state index in [4.69, 9.17) is 21.2 Å². The van der Waals surface area contributed by atoms with Gasteiger partial charge < -0.3 is 15.6 Å². The molecule has 0 saturated carbocycles. The summed E-state index contributed by atoms with van der Waals surface area (Å²) in [5.74, 6) is 0.537. The number of nitrogens with zero attached hydrogens (tertiary/aromatic N) is 2. The van der Waals surface area contributed by atoms with E-state index in [9.17, 15) is 53.2 Å². The summed E-state index contributed by atoms with van der Waals surface area (Å²) in [6.45, 7) is 5.37. The fraction of sp³-hybridized carbons (Fsp3) is 0.121. The zero-order valence-corrected chi connectivity index (χ0v) is 55.4. The van der Waals surface area contributed by atoms with Crippen molar-refractivity contribution in [2.45, 2.75) is 46.5 Å². The van der Waals surface area contributed by atoms with Crippen molar-refractivity contribution in [1.82, 2.24) is 0 Å². The third-order valence-corrected chi connectivity index (χ3v) is 22.6. The number of nitrogens with two attached hydrogens (primary N) is 1. The zero-order valence-electron chi connectivity index (χ0n) is 44.9. The van der Waals surface area contributed by atoms with Crippen molar-refractivity contribution < 1.29 is 57.9 Å². The number of aliphatic hydroxyl groups excluding tert-OH is 1. The van der Waals surface area contributed by atoms with Gasteiger partial charge in [-0.3, -0.25) is 27.7 Å². The second-order valence-electron chi connectivity index (χ2n) is 17.6. The number of nitrogen functional groups attached to an aromatic ring is 1. The van der Waals surface area contributed by atoms with Crippen LogP contribution in [0, 0.1) is 31.5 Å². The van der Waals surface area contributed by atoms with E-state index in [-0.39, 0.29) is 19.6 Å². The molecule has 9 rings (SSSR count). The maximum atomic E-state index is 12.8. The quantitative estimate of drug-likeness (QED) is 0.0471. The van der Waals surface area contributed by atoms with Gasteiger partial charge in [-0.05, 0) is 172 Å². The number of anilines is 4. The number of aliphatic hydroxyl groups is 1. The number of carbonyl (C=O) groups is 3. The Morgan fingerprint density at radius 1 is 0.602 bits per heavy atom. The molecular formula is C58H54ClI3N4O13S4. The van der Waals surface area contributed by atoms with Crippen molar-refractivity contribution >= 4 is 159 Å². The molecule has 0 spiro atoms. The molecule has 0 fully saturated rings. The summed E-state index contributed by atoms with van der Waals surface area (Å²) in [7, 11) is -5.01. The van der Waals surface area contributed by atoms with Gasteiger partial charge in [0.2, 0.25) is 0 Å². The summed E-state index contributed by atoms with van der Waals surface area (Å²) in [6, 6.07) is 47.3. The first kappa shape index (κ1) is 67.8. The minimum Gasteiger partial charge on any atom is -0.495 e. The summed E-state index contributed by atoms with van der Waals surface area (Å²) in [4.78, 5) is 33.3. The highest BCUT2D eigenvalue weighted by Gasteiger charge is 2.35. The van der Waals surface area contributed by atoms with E-state index < -0.39 is 45.2 Å². The predicted octanol–water partition coefficient (Wildman–Crippen LogP) is 12.0. The van der Waals surface area contributed by atoms with Crippen LogP contribution < -0.4 is 23.8 Å². The summed E-state index contributed by atoms with van der Waals surface area (Å²) in [5, 5.41) is 10.6. The molecular weight excluding hydrogens is 1510 g/mol. The first-order valence-corrected chi connectivity index (χ1v) is 34.0. The summed E-state index contributed by atoms with van der Waals surface area (Å²) in [6.07, 6.45) is 1.07. The molecule has 17 nitrogen and oxygen atoms in total. The lowest BCUT2D eigenvalue weighted by Gasteiger charge is -2.23. The molecule has 8 aromatic carbocycles. The lowest BCUT2D eigenvalue weighted by molar-refractivity contribution is 0.111. The topological polar surface area (TPSA) is 262 Å². The third-order valence-electron chi connectivity index (χ3n) is 12.3. The Morgan fingerprint density at radius 2 is 1.05 bits per heavy atom. The Bertz CT molecular complexity index is 4160. The average Bonchev–Trinajstić information content (AvgIpc) is 3.80.